The van der Waals surface area contributed by atoms with E-state index >= 15 is 0 Å². The Balaban J connectivity index is 1.73. The first-order valence-electron chi connectivity index (χ1n) is 7.62. The van der Waals surface area contributed by atoms with Gasteiger partial charge in [-0.1, -0.05) is 18.2 Å². The van der Waals surface area contributed by atoms with Crippen molar-refractivity contribution in [2.75, 3.05) is 0 Å². The van der Waals surface area contributed by atoms with Crippen LogP contribution in [-0.4, -0.2) is 16.6 Å². The van der Waals surface area contributed by atoms with Crippen molar-refractivity contribution in [2.24, 2.45) is 5.10 Å². The average Bonchev–Trinajstić information content (AvgIpc) is 2.59. The number of pyridine rings is 1. The van der Waals surface area contributed by atoms with Gasteiger partial charge in [-0.25, -0.2) is 5.43 Å². The molecule has 0 spiro atoms. The van der Waals surface area contributed by atoms with Crippen molar-refractivity contribution in [1.29, 1.82) is 0 Å². The lowest BCUT2D eigenvalue weighted by molar-refractivity contribution is 0.0950. The van der Waals surface area contributed by atoms with Crippen molar-refractivity contribution >= 4 is 11.6 Å². The third-order valence-electron chi connectivity index (χ3n) is 3.99. The Morgan fingerprint density at radius 1 is 1.14 bits per heavy atom. The standard InChI is InChI=1S/C18H19N3O/c1-13(20-21-18(22)17-8-4-5-11-19-17)15-10-9-14-6-2-3-7-16(14)12-15/h4-5,8-12H,2-3,6-7H2,1H3,(H,21,22)/b20-13-. The lowest BCUT2D eigenvalue weighted by atomic mass is 9.90. The van der Waals surface area contributed by atoms with Gasteiger partial charge in [0.1, 0.15) is 5.69 Å². The van der Waals surface area contributed by atoms with Crippen molar-refractivity contribution in [3.8, 4) is 0 Å². The summed E-state index contributed by atoms with van der Waals surface area (Å²) in [6.07, 6.45) is 6.43. The summed E-state index contributed by atoms with van der Waals surface area (Å²) in [5, 5.41) is 4.20. The molecule has 0 saturated carbocycles. The quantitative estimate of drug-likeness (QED) is 0.698. The van der Waals surface area contributed by atoms with Crippen LogP contribution in [0.3, 0.4) is 0 Å². The van der Waals surface area contributed by atoms with Crippen LogP contribution in [0.5, 0.6) is 0 Å². The van der Waals surface area contributed by atoms with Gasteiger partial charge in [0.25, 0.3) is 5.91 Å². The molecule has 3 rings (SSSR count). The fourth-order valence-electron chi connectivity index (χ4n) is 2.71. The number of nitrogens with one attached hydrogen (secondary N) is 1. The average molecular weight is 293 g/mol. The van der Waals surface area contributed by atoms with E-state index in [0.717, 1.165) is 17.7 Å². The van der Waals surface area contributed by atoms with Gasteiger partial charge in [-0.3, -0.25) is 9.78 Å². The first-order chi connectivity index (χ1) is 10.7. The number of benzene rings is 1. The van der Waals surface area contributed by atoms with Gasteiger partial charge in [0.2, 0.25) is 0 Å². The van der Waals surface area contributed by atoms with E-state index < -0.39 is 0 Å². The van der Waals surface area contributed by atoms with Crippen molar-refractivity contribution in [1.82, 2.24) is 10.4 Å². The largest absolute Gasteiger partial charge is 0.289 e. The number of hydrogen-bond donors (Lipinski definition) is 1. The molecular weight excluding hydrogens is 274 g/mol. The highest BCUT2D eigenvalue weighted by atomic mass is 16.2. The molecule has 112 valence electrons. The summed E-state index contributed by atoms with van der Waals surface area (Å²) in [6.45, 7) is 1.91. The van der Waals surface area contributed by atoms with E-state index in [4.69, 9.17) is 0 Å². The van der Waals surface area contributed by atoms with Crippen LogP contribution < -0.4 is 5.43 Å². The van der Waals surface area contributed by atoms with Crippen LogP contribution in [0.25, 0.3) is 0 Å². The minimum Gasteiger partial charge on any atom is -0.266 e. The Hall–Kier alpha value is -2.49. The number of carbonyl (C=O) groups is 1. The van der Waals surface area contributed by atoms with Gasteiger partial charge in [-0.15, -0.1) is 0 Å². The normalized spacial score (nSPS) is 14.3. The maximum Gasteiger partial charge on any atom is 0.289 e. The highest BCUT2D eigenvalue weighted by Gasteiger charge is 2.11. The van der Waals surface area contributed by atoms with Crippen LogP contribution >= 0.6 is 0 Å². The number of fused-ring (bicyclic) bond motifs is 1. The maximum atomic E-state index is 11.9. The Labute approximate surface area is 130 Å². The molecule has 0 saturated heterocycles. The predicted octanol–water partition coefficient (Wildman–Crippen LogP) is 3.11. The van der Waals surface area contributed by atoms with Crippen molar-refractivity contribution < 1.29 is 4.79 Å². The van der Waals surface area contributed by atoms with Gasteiger partial charge < -0.3 is 0 Å². The summed E-state index contributed by atoms with van der Waals surface area (Å²) < 4.78 is 0. The number of aromatic nitrogens is 1. The Kier molecular flexibility index (Phi) is 4.28. The van der Waals surface area contributed by atoms with E-state index in [1.165, 1.54) is 30.4 Å². The zero-order valence-electron chi connectivity index (χ0n) is 12.7. The van der Waals surface area contributed by atoms with Crippen molar-refractivity contribution in [3.63, 3.8) is 0 Å². The number of hydrogen-bond acceptors (Lipinski definition) is 3. The molecule has 0 fully saturated rings. The number of hydrazone groups is 1. The summed E-state index contributed by atoms with van der Waals surface area (Å²) in [5.41, 5.74) is 7.65. The molecule has 0 unspecified atom stereocenters. The predicted molar refractivity (Wildman–Crippen MR) is 87.0 cm³/mol. The second kappa shape index (κ2) is 6.52. The summed E-state index contributed by atoms with van der Waals surface area (Å²) in [4.78, 5) is 15.9. The van der Waals surface area contributed by atoms with E-state index in [2.05, 4.69) is 33.7 Å². The fraction of sp³-hybridized carbons (Fsp3) is 0.278. The highest BCUT2D eigenvalue weighted by molar-refractivity contribution is 6.00. The van der Waals surface area contributed by atoms with Gasteiger partial charge in [-0.2, -0.15) is 5.10 Å². The van der Waals surface area contributed by atoms with Gasteiger partial charge in [-0.05, 0) is 67.5 Å². The molecular formula is C18H19N3O. The van der Waals surface area contributed by atoms with E-state index in [9.17, 15) is 4.79 Å². The molecule has 22 heavy (non-hydrogen) atoms. The molecule has 1 aliphatic rings. The molecule has 1 amide bonds. The number of nitrogens with zero attached hydrogens (tertiary/aromatic N) is 2. The maximum absolute atomic E-state index is 11.9. The molecule has 4 nitrogen and oxygen atoms in total. The van der Waals surface area contributed by atoms with Gasteiger partial charge in [0, 0.05) is 6.20 Å². The minimum atomic E-state index is -0.294. The van der Waals surface area contributed by atoms with Gasteiger partial charge in [0.15, 0.2) is 0 Å². The minimum absolute atomic E-state index is 0.294. The number of rotatable bonds is 3. The highest BCUT2D eigenvalue weighted by Crippen LogP contribution is 2.22. The molecule has 2 aromatic rings. The molecule has 1 aliphatic carbocycles. The van der Waals surface area contributed by atoms with Crippen LogP contribution in [0, 0.1) is 0 Å². The lowest BCUT2D eigenvalue weighted by Gasteiger charge is -2.16. The van der Waals surface area contributed by atoms with E-state index in [-0.39, 0.29) is 5.91 Å². The summed E-state index contributed by atoms with van der Waals surface area (Å²) in [6, 6.07) is 11.7. The van der Waals surface area contributed by atoms with E-state index in [1.807, 2.05) is 6.92 Å². The summed E-state index contributed by atoms with van der Waals surface area (Å²) in [7, 11) is 0. The summed E-state index contributed by atoms with van der Waals surface area (Å²) in [5.74, 6) is -0.294. The monoisotopic (exact) mass is 293 g/mol. The smallest absolute Gasteiger partial charge is 0.266 e. The van der Waals surface area contributed by atoms with Crippen LogP contribution in [0.4, 0.5) is 0 Å². The van der Waals surface area contributed by atoms with Crippen molar-refractivity contribution in [3.05, 3.63) is 65.0 Å². The Morgan fingerprint density at radius 2 is 1.95 bits per heavy atom. The fourth-order valence-corrected chi connectivity index (χ4v) is 2.71. The molecule has 1 aromatic heterocycles. The molecule has 1 N–H and O–H groups in total. The molecule has 4 heteroatoms. The lowest BCUT2D eigenvalue weighted by Crippen LogP contribution is -2.20. The Morgan fingerprint density at radius 3 is 2.73 bits per heavy atom. The van der Waals surface area contributed by atoms with Crippen LogP contribution in [0.2, 0.25) is 0 Å². The number of amides is 1. The molecule has 0 radical (unpaired) electrons. The van der Waals surface area contributed by atoms with E-state index in [1.54, 1.807) is 24.4 Å². The zero-order chi connectivity index (χ0) is 15.4. The third-order valence-corrected chi connectivity index (χ3v) is 3.99. The molecule has 0 aliphatic heterocycles. The first-order valence-corrected chi connectivity index (χ1v) is 7.62. The van der Waals surface area contributed by atoms with Crippen molar-refractivity contribution in [2.45, 2.75) is 32.6 Å². The zero-order valence-corrected chi connectivity index (χ0v) is 12.7. The summed E-state index contributed by atoms with van der Waals surface area (Å²) >= 11 is 0. The number of aryl methyl sites for hydroxylation is 2. The van der Waals surface area contributed by atoms with E-state index in [0.29, 0.717) is 5.69 Å². The first kappa shape index (κ1) is 14.4. The van der Waals surface area contributed by atoms with Gasteiger partial charge >= 0.3 is 0 Å². The number of carbonyl (C=O) groups excluding carboxylic acids is 1. The second-order valence-corrected chi connectivity index (χ2v) is 5.54. The molecule has 0 atom stereocenters. The Bertz CT molecular complexity index is 708. The molecule has 0 bridgehead atoms. The van der Waals surface area contributed by atoms with Crippen LogP contribution in [0.15, 0.2) is 47.7 Å². The topological polar surface area (TPSA) is 54.4 Å². The van der Waals surface area contributed by atoms with Crippen LogP contribution in [0.1, 0.15) is 46.9 Å². The molecule has 1 heterocycles. The van der Waals surface area contributed by atoms with Gasteiger partial charge in [0.05, 0.1) is 5.71 Å². The second-order valence-electron chi connectivity index (χ2n) is 5.54. The molecule has 1 aromatic carbocycles. The van der Waals surface area contributed by atoms with Crippen LogP contribution in [-0.2, 0) is 12.8 Å². The SMILES string of the molecule is C/C(=N/NC(=O)c1ccccn1)c1ccc2c(c1)CCCC2. The third kappa shape index (κ3) is 3.22.